The van der Waals surface area contributed by atoms with Crippen LogP contribution in [0.5, 0.6) is 0 Å². The Labute approximate surface area is 189 Å². The lowest BCUT2D eigenvalue weighted by molar-refractivity contribution is 0.320. The second-order valence-electron chi connectivity index (χ2n) is 9.30. The first-order valence-corrected chi connectivity index (χ1v) is 13.7. The Morgan fingerprint density at radius 2 is 1.68 bits per heavy atom. The van der Waals surface area contributed by atoms with E-state index in [-0.39, 0.29) is 6.16 Å². The average molecular weight is 445 g/mol. The fourth-order valence-corrected chi connectivity index (χ4v) is 6.38. The van der Waals surface area contributed by atoms with Crippen molar-refractivity contribution in [1.82, 2.24) is 0 Å². The van der Waals surface area contributed by atoms with Gasteiger partial charge in [-0.1, -0.05) is 95.6 Å². The number of rotatable bonds is 8. The number of benzene rings is 2. The van der Waals surface area contributed by atoms with Gasteiger partial charge in [-0.25, -0.2) is 0 Å². The molecule has 2 aromatic rings. The zero-order valence-electron chi connectivity index (χ0n) is 19.9. The summed E-state index contributed by atoms with van der Waals surface area (Å²) in [5.74, 6) is 1.62. The lowest BCUT2D eigenvalue weighted by atomic mass is 9.66. The molecule has 172 valence electrons. The molecule has 0 bridgehead atoms. The van der Waals surface area contributed by atoms with Crippen LogP contribution in [0.15, 0.2) is 54.6 Å². The van der Waals surface area contributed by atoms with Crippen molar-refractivity contribution in [2.75, 3.05) is 6.16 Å². The molecule has 3 nitrogen and oxygen atoms in total. The van der Waals surface area contributed by atoms with Crippen LogP contribution in [0.3, 0.4) is 0 Å². The summed E-state index contributed by atoms with van der Waals surface area (Å²) < 4.78 is 11.8. The Kier molecular flexibility index (Phi) is 9.55. The maximum Gasteiger partial charge on any atom is 0.326 e. The molecule has 0 saturated heterocycles. The van der Waals surface area contributed by atoms with Crippen molar-refractivity contribution in [2.45, 2.75) is 84.0 Å². The Bertz CT molecular complexity index is 845. The Balaban J connectivity index is 0.00000166. The van der Waals surface area contributed by atoms with Crippen LogP contribution >= 0.6 is 7.60 Å². The van der Waals surface area contributed by atoms with Gasteiger partial charge in [0.25, 0.3) is 0 Å². The van der Waals surface area contributed by atoms with Crippen molar-refractivity contribution < 1.29 is 14.4 Å². The smallest absolute Gasteiger partial charge is 0.324 e. The largest absolute Gasteiger partial charge is 0.326 e. The van der Waals surface area contributed by atoms with E-state index in [4.69, 9.17) is 0 Å². The van der Waals surface area contributed by atoms with Crippen molar-refractivity contribution in [3.05, 3.63) is 71.3 Å². The minimum Gasteiger partial charge on any atom is -0.324 e. The SMILES string of the molecule is CC.CCC(C)CC(CC1CCC(C)(CP(=O)(O)O)c2ccccc21)c1ccccc1. The van der Waals surface area contributed by atoms with E-state index in [1.54, 1.807) is 0 Å². The molecule has 0 amide bonds. The Morgan fingerprint density at radius 3 is 2.29 bits per heavy atom. The molecule has 0 radical (unpaired) electrons. The van der Waals surface area contributed by atoms with E-state index in [2.05, 4.69) is 62.4 Å². The maximum absolute atomic E-state index is 11.8. The van der Waals surface area contributed by atoms with E-state index in [9.17, 15) is 14.4 Å². The number of hydrogen-bond donors (Lipinski definition) is 2. The predicted octanol–water partition coefficient (Wildman–Crippen LogP) is 7.64. The normalized spacial score (nSPS) is 22.6. The summed E-state index contributed by atoms with van der Waals surface area (Å²) in [6, 6.07) is 19.2. The number of hydrogen-bond acceptors (Lipinski definition) is 1. The first kappa shape index (κ1) is 25.8. The molecule has 1 aliphatic rings. The molecule has 0 aromatic heterocycles. The molecule has 0 spiro atoms. The van der Waals surface area contributed by atoms with Crippen LogP contribution in [0, 0.1) is 5.92 Å². The third-order valence-corrected chi connectivity index (χ3v) is 7.98. The van der Waals surface area contributed by atoms with Crippen LogP contribution in [-0.2, 0) is 9.98 Å². The molecule has 4 unspecified atom stereocenters. The molecule has 3 rings (SSSR count). The van der Waals surface area contributed by atoms with E-state index in [1.165, 1.54) is 24.0 Å². The average Bonchev–Trinajstić information content (AvgIpc) is 2.76. The highest BCUT2D eigenvalue weighted by Gasteiger charge is 2.40. The molecular weight excluding hydrogens is 403 g/mol. The summed E-state index contributed by atoms with van der Waals surface area (Å²) in [6.07, 6.45) is 5.20. The van der Waals surface area contributed by atoms with Gasteiger partial charge >= 0.3 is 7.60 Å². The van der Waals surface area contributed by atoms with E-state index in [1.807, 2.05) is 26.8 Å². The van der Waals surface area contributed by atoms with Crippen LogP contribution < -0.4 is 0 Å². The zero-order valence-corrected chi connectivity index (χ0v) is 20.8. The summed E-state index contributed by atoms with van der Waals surface area (Å²) in [6.45, 7) is 10.6. The molecule has 0 heterocycles. The molecular formula is C27H41O3P. The second kappa shape index (κ2) is 11.5. The van der Waals surface area contributed by atoms with Crippen molar-refractivity contribution >= 4 is 7.60 Å². The van der Waals surface area contributed by atoms with Gasteiger partial charge in [-0.15, -0.1) is 0 Å². The fourth-order valence-electron chi connectivity index (χ4n) is 5.14. The van der Waals surface area contributed by atoms with Crippen molar-refractivity contribution in [3.63, 3.8) is 0 Å². The van der Waals surface area contributed by atoms with Crippen LogP contribution in [-0.4, -0.2) is 15.9 Å². The molecule has 31 heavy (non-hydrogen) atoms. The highest BCUT2D eigenvalue weighted by atomic mass is 31.2. The van der Waals surface area contributed by atoms with Gasteiger partial charge in [-0.2, -0.15) is 0 Å². The minimum absolute atomic E-state index is 0.0707. The van der Waals surface area contributed by atoms with Gasteiger partial charge in [0.1, 0.15) is 0 Å². The van der Waals surface area contributed by atoms with E-state index >= 15 is 0 Å². The minimum atomic E-state index is -4.07. The monoisotopic (exact) mass is 444 g/mol. The van der Waals surface area contributed by atoms with Gasteiger partial charge < -0.3 is 9.79 Å². The van der Waals surface area contributed by atoms with Gasteiger partial charge in [-0.05, 0) is 60.1 Å². The molecule has 0 aliphatic heterocycles. The van der Waals surface area contributed by atoms with E-state index in [0.717, 1.165) is 24.8 Å². The van der Waals surface area contributed by atoms with Crippen LogP contribution in [0.25, 0.3) is 0 Å². The first-order valence-electron chi connectivity index (χ1n) is 11.9. The highest BCUT2D eigenvalue weighted by molar-refractivity contribution is 7.51. The van der Waals surface area contributed by atoms with Crippen LogP contribution in [0.1, 0.15) is 95.2 Å². The lowest BCUT2D eigenvalue weighted by Crippen LogP contribution is -2.33. The molecule has 4 atom stereocenters. The van der Waals surface area contributed by atoms with Crippen molar-refractivity contribution in [3.8, 4) is 0 Å². The third-order valence-electron chi connectivity index (χ3n) is 6.87. The summed E-state index contributed by atoms with van der Waals surface area (Å²) in [7, 11) is -4.07. The summed E-state index contributed by atoms with van der Waals surface area (Å²) >= 11 is 0. The van der Waals surface area contributed by atoms with Gasteiger partial charge in [0, 0.05) is 5.41 Å². The Morgan fingerprint density at radius 1 is 1.06 bits per heavy atom. The molecule has 4 heteroatoms. The standard InChI is InChI=1S/C25H35O3P.C2H6/c1-4-19(2)16-22(20-10-6-5-7-11-20)17-21-14-15-25(3,18-29(26,27)28)24-13-9-8-12-23(21)24;1-2/h5-13,19,21-22H,4,14-18H2,1-3H3,(H2,26,27,28);1-2H3. The van der Waals surface area contributed by atoms with E-state index < -0.39 is 13.0 Å². The zero-order chi connectivity index (χ0) is 23.1. The van der Waals surface area contributed by atoms with Gasteiger partial charge in [0.15, 0.2) is 0 Å². The van der Waals surface area contributed by atoms with Crippen LogP contribution in [0.4, 0.5) is 0 Å². The van der Waals surface area contributed by atoms with Crippen molar-refractivity contribution in [1.29, 1.82) is 0 Å². The third kappa shape index (κ3) is 7.04. The van der Waals surface area contributed by atoms with Crippen LogP contribution in [0.2, 0.25) is 0 Å². The maximum atomic E-state index is 11.8. The topological polar surface area (TPSA) is 57.5 Å². The van der Waals surface area contributed by atoms with Crippen molar-refractivity contribution in [2.24, 2.45) is 5.92 Å². The fraction of sp³-hybridized carbons (Fsp3) is 0.556. The van der Waals surface area contributed by atoms with Gasteiger partial charge in [-0.3, -0.25) is 4.57 Å². The quantitative estimate of drug-likeness (QED) is 0.411. The Hall–Kier alpha value is -1.41. The molecule has 0 saturated carbocycles. The molecule has 0 fully saturated rings. The van der Waals surface area contributed by atoms with E-state index in [0.29, 0.717) is 17.8 Å². The lowest BCUT2D eigenvalue weighted by Gasteiger charge is -2.41. The molecule has 1 aliphatic carbocycles. The highest BCUT2D eigenvalue weighted by Crippen LogP contribution is 2.52. The summed E-state index contributed by atoms with van der Waals surface area (Å²) in [4.78, 5) is 19.3. The number of fused-ring (bicyclic) bond motifs is 1. The molecule has 2 aromatic carbocycles. The first-order chi connectivity index (χ1) is 14.7. The molecule has 2 N–H and O–H groups in total. The summed E-state index contributed by atoms with van der Waals surface area (Å²) in [5, 5.41) is 0. The second-order valence-corrected chi connectivity index (χ2v) is 10.9. The predicted molar refractivity (Wildman–Crippen MR) is 132 cm³/mol. The summed E-state index contributed by atoms with van der Waals surface area (Å²) in [5.41, 5.74) is 3.38. The van der Waals surface area contributed by atoms with Gasteiger partial charge in [0.2, 0.25) is 0 Å². The van der Waals surface area contributed by atoms with Gasteiger partial charge in [0.05, 0.1) is 6.16 Å².